The van der Waals surface area contributed by atoms with E-state index >= 15 is 0 Å². The summed E-state index contributed by atoms with van der Waals surface area (Å²) in [7, 11) is 6.81. The number of halogens is 1. The van der Waals surface area contributed by atoms with Crippen molar-refractivity contribution in [1.82, 2.24) is 19.7 Å². The average Bonchev–Trinajstić information content (AvgIpc) is 2.42. The molecule has 15 heavy (non-hydrogen) atoms. The number of nitrogens with zero attached hydrogens (tertiary/aromatic N) is 4. The fourth-order valence-electron chi connectivity index (χ4n) is 1.10. The normalized spacial score (nSPS) is 12.3. The third-order valence-corrected chi connectivity index (χ3v) is 3.13. The second-order valence-corrected chi connectivity index (χ2v) is 5.91. The van der Waals surface area contributed by atoms with Crippen LogP contribution in [0.2, 0.25) is 0 Å². The lowest BCUT2D eigenvalue weighted by Crippen LogP contribution is -2.17. The summed E-state index contributed by atoms with van der Waals surface area (Å²) >= 11 is 0. The third kappa shape index (κ3) is 3.15. The summed E-state index contributed by atoms with van der Waals surface area (Å²) in [6, 6.07) is 0. The predicted molar refractivity (Wildman–Crippen MR) is 56.3 cm³/mol. The molecular weight excluding hydrogens is 240 g/mol. The van der Waals surface area contributed by atoms with Gasteiger partial charge in [0.15, 0.2) is 0 Å². The molecule has 0 aromatic carbocycles. The molecule has 0 saturated heterocycles. The lowest BCUT2D eigenvalue weighted by molar-refractivity contribution is 0.406. The first-order valence-electron chi connectivity index (χ1n) is 4.30. The highest BCUT2D eigenvalue weighted by Gasteiger charge is 2.19. The zero-order valence-electron chi connectivity index (χ0n) is 8.81. The second kappa shape index (κ2) is 4.46. The molecule has 0 radical (unpaired) electrons. The molecule has 0 N–H and O–H groups in total. The van der Waals surface area contributed by atoms with Gasteiger partial charge in [0.2, 0.25) is 0 Å². The first-order chi connectivity index (χ1) is 6.82. The largest absolute Gasteiger partial charge is 0.309 e. The van der Waals surface area contributed by atoms with Gasteiger partial charge in [-0.2, -0.15) is 0 Å². The Kier molecular flexibility index (Phi) is 3.69. The van der Waals surface area contributed by atoms with Gasteiger partial charge in [-0.15, -0.1) is 10.2 Å². The van der Waals surface area contributed by atoms with Crippen LogP contribution < -0.4 is 0 Å². The summed E-state index contributed by atoms with van der Waals surface area (Å²) in [5.74, 6) is 0.600. The van der Waals surface area contributed by atoms with Crippen molar-refractivity contribution in [1.29, 1.82) is 0 Å². The maximum atomic E-state index is 11.0. The molecule has 0 saturated carbocycles. The quantitative estimate of drug-likeness (QED) is 0.697. The van der Waals surface area contributed by atoms with Crippen LogP contribution in [-0.2, 0) is 22.5 Å². The van der Waals surface area contributed by atoms with Crippen LogP contribution in [0.25, 0.3) is 0 Å². The Balaban J connectivity index is 2.90. The van der Waals surface area contributed by atoms with Crippen LogP contribution in [0.3, 0.4) is 0 Å². The van der Waals surface area contributed by atoms with Gasteiger partial charge in [-0.1, -0.05) is 0 Å². The molecule has 0 aliphatic carbocycles. The Morgan fingerprint density at radius 3 is 2.40 bits per heavy atom. The molecule has 0 bridgehead atoms. The first kappa shape index (κ1) is 12.4. The molecule has 1 aromatic heterocycles. The second-order valence-electron chi connectivity index (χ2n) is 3.45. The molecule has 8 heteroatoms. The lowest BCUT2D eigenvalue weighted by Gasteiger charge is -2.08. The van der Waals surface area contributed by atoms with Crippen molar-refractivity contribution >= 4 is 19.7 Å². The van der Waals surface area contributed by atoms with E-state index in [0.717, 1.165) is 6.54 Å². The Morgan fingerprint density at radius 1 is 1.40 bits per heavy atom. The standard InChI is InChI=1S/C7H13ClN4O2S/c1-11(2)5-4-6-9-10-7(12(6)3)15(8,13)14/h4-5H2,1-3H3. The van der Waals surface area contributed by atoms with Crippen molar-refractivity contribution in [3.8, 4) is 0 Å². The highest BCUT2D eigenvalue weighted by Crippen LogP contribution is 2.12. The van der Waals surface area contributed by atoms with Gasteiger partial charge in [0.05, 0.1) is 0 Å². The molecule has 0 fully saturated rings. The van der Waals surface area contributed by atoms with E-state index in [9.17, 15) is 8.42 Å². The minimum atomic E-state index is -3.80. The first-order valence-corrected chi connectivity index (χ1v) is 6.61. The average molecular weight is 253 g/mol. The van der Waals surface area contributed by atoms with E-state index in [-0.39, 0.29) is 5.16 Å². The summed E-state index contributed by atoms with van der Waals surface area (Å²) in [5.41, 5.74) is 0. The van der Waals surface area contributed by atoms with E-state index in [1.54, 1.807) is 7.05 Å². The third-order valence-electron chi connectivity index (χ3n) is 1.93. The Hall–Kier alpha value is -0.660. The molecule has 0 amide bonds. The fraction of sp³-hybridized carbons (Fsp3) is 0.714. The van der Waals surface area contributed by atoms with Crippen LogP contribution in [0.15, 0.2) is 5.16 Å². The van der Waals surface area contributed by atoms with E-state index in [4.69, 9.17) is 10.7 Å². The Labute approximate surface area is 93.3 Å². The van der Waals surface area contributed by atoms with Gasteiger partial charge in [0.1, 0.15) is 5.82 Å². The number of hydrogen-bond acceptors (Lipinski definition) is 5. The summed E-state index contributed by atoms with van der Waals surface area (Å²) in [5, 5.41) is 7.11. The van der Waals surface area contributed by atoms with Crippen molar-refractivity contribution in [3.05, 3.63) is 5.82 Å². The molecule has 86 valence electrons. The van der Waals surface area contributed by atoms with E-state index in [0.29, 0.717) is 12.2 Å². The van der Waals surface area contributed by atoms with Crippen molar-refractivity contribution in [2.24, 2.45) is 7.05 Å². The zero-order chi connectivity index (χ0) is 11.6. The van der Waals surface area contributed by atoms with Gasteiger partial charge >= 0.3 is 0 Å². The summed E-state index contributed by atoms with van der Waals surface area (Å²) in [6.45, 7) is 0.772. The van der Waals surface area contributed by atoms with E-state index in [1.807, 2.05) is 19.0 Å². The van der Waals surface area contributed by atoms with Gasteiger partial charge in [0, 0.05) is 30.7 Å². The Bertz CT molecular complexity index is 440. The van der Waals surface area contributed by atoms with Crippen molar-refractivity contribution in [2.75, 3.05) is 20.6 Å². The molecular formula is C7H13ClN4O2S. The van der Waals surface area contributed by atoms with Crippen LogP contribution >= 0.6 is 10.7 Å². The lowest BCUT2D eigenvalue weighted by atomic mass is 10.4. The molecule has 6 nitrogen and oxygen atoms in total. The predicted octanol–water partition coefficient (Wildman–Crippen LogP) is -0.153. The topological polar surface area (TPSA) is 68.1 Å². The smallest absolute Gasteiger partial charge is 0.296 e. The van der Waals surface area contributed by atoms with Crippen LogP contribution in [0.4, 0.5) is 0 Å². The highest BCUT2D eigenvalue weighted by atomic mass is 35.7. The van der Waals surface area contributed by atoms with Gasteiger partial charge in [-0.3, -0.25) is 0 Å². The fourth-order valence-corrected chi connectivity index (χ4v) is 2.07. The molecule has 1 rings (SSSR count). The van der Waals surface area contributed by atoms with Crippen molar-refractivity contribution < 1.29 is 8.42 Å². The number of aromatic nitrogens is 3. The van der Waals surface area contributed by atoms with Crippen molar-refractivity contribution in [2.45, 2.75) is 11.6 Å². The van der Waals surface area contributed by atoms with Crippen molar-refractivity contribution in [3.63, 3.8) is 0 Å². The van der Waals surface area contributed by atoms with Crippen LogP contribution in [0.5, 0.6) is 0 Å². The zero-order valence-corrected chi connectivity index (χ0v) is 10.4. The summed E-state index contributed by atoms with van der Waals surface area (Å²) in [6.07, 6.45) is 0.628. The summed E-state index contributed by atoms with van der Waals surface area (Å²) in [4.78, 5) is 1.98. The van der Waals surface area contributed by atoms with Crippen LogP contribution in [0, 0.1) is 0 Å². The molecule has 0 atom stereocenters. The van der Waals surface area contributed by atoms with E-state index < -0.39 is 9.05 Å². The van der Waals surface area contributed by atoms with Crippen LogP contribution in [0.1, 0.15) is 5.82 Å². The molecule has 0 aliphatic heterocycles. The maximum absolute atomic E-state index is 11.0. The number of rotatable bonds is 4. The van der Waals surface area contributed by atoms with E-state index in [2.05, 4.69) is 10.2 Å². The molecule has 1 heterocycles. The minimum absolute atomic E-state index is 0.210. The number of hydrogen-bond donors (Lipinski definition) is 0. The van der Waals surface area contributed by atoms with E-state index in [1.165, 1.54) is 4.57 Å². The molecule has 0 aliphatic rings. The maximum Gasteiger partial charge on any atom is 0.296 e. The monoisotopic (exact) mass is 252 g/mol. The minimum Gasteiger partial charge on any atom is -0.309 e. The van der Waals surface area contributed by atoms with Gasteiger partial charge in [0.25, 0.3) is 14.2 Å². The highest BCUT2D eigenvalue weighted by molar-refractivity contribution is 8.13. The molecule has 0 spiro atoms. The Morgan fingerprint density at radius 2 is 2.00 bits per heavy atom. The molecule has 1 aromatic rings. The summed E-state index contributed by atoms with van der Waals surface area (Å²) < 4.78 is 23.5. The number of likely N-dealkylation sites (N-methyl/N-ethyl adjacent to an activating group) is 1. The van der Waals surface area contributed by atoms with Gasteiger partial charge < -0.3 is 9.47 Å². The molecule has 0 unspecified atom stereocenters. The van der Waals surface area contributed by atoms with Gasteiger partial charge in [-0.25, -0.2) is 8.42 Å². The SMILES string of the molecule is CN(C)CCc1nnc(S(=O)(=O)Cl)n1C. The van der Waals surface area contributed by atoms with Crippen LogP contribution in [-0.4, -0.2) is 48.7 Å². The van der Waals surface area contributed by atoms with Gasteiger partial charge in [-0.05, 0) is 14.1 Å².